The van der Waals surface area contributed by atoms with Crippen LogP contribution in [-0.4, -0.2) is 11.2 Å². The van der Waals surface area contributed by atoms with Gasteiger partial charge in [0.2, 0.25) is 0 Å². The van der Waals surface area contributed by atoms with Crippen molar-refractivity contribution in [2.75, 3.05) is 0 Å². The van der Waals surface area contributed by atoms with E-state index >= 15 is 0 Å². The molecule has 1 nitrogen and oxygen atoms in total. The molecule has 4 rings (SSSR count). The summed E-state index contributed by atoms with van der Waals surface area (Å²) in [5.41, 5.74) is 2.51. The summed E-state index contributed by atoms with van der Waals surface area (Å²) < 4.78 is 0. The lowest BCUT2D eigenvalue weighted by Crippen LogP contribution is -2.50. The van der Waals surface area contributed by atoms with Crippen molar-refractivity contribution in [3.05, 3.63) is 23.8 Å². The molecule has 0 unspecified atom stereocenters. The third-order valence-corrected chi connectivity index (χ3v) is 10.8. The van der Waals surface area contributed by atoms with Gasteiger partial charge in [-0.25, -0.2) is 0 Å². The van der Waals surface area contributed by atoms with E-state index in [0.717, 1.165) is 48.3 Å². The number of aliphatic hydroxyl groups excluding tert-OH is 1. The van der Waals surface area contributed by atoms with Gasteiger partial charge in [-0.3, -0.25) is 0 Å². The molecule has 0 aromatic rings. The van der Waals surface area contributed by atoms with E-state index in [1.54, 1.807) is 5.57 Å². The molecule has 170 valence electrons. The molecule has 0 radical (unpaired) electrons. The van der Waals surface area contributed by atoms with Crippen LogP contribution in [0.4, 0.5) is 0 Å². The molecule has 4 aliphatic rings. The molecule has 0 amide bonds. The molecule has 1 heteroatoms. The normalized spacial score (nSPS) is 45.6. The summed E-state index contributed by atoms with van der Waals surface area (Å²) in [6, 6.07) is 0. The number of aliphatic hydroxyl groups is 1. The second kappa shape index (κ2) is 8.42. The van der Waals surface area contributed by atoms with E-state index in [1.165, 1.54) is 44.9 Å². The zero-order valence-corrected chi connectivity index (χ0v) is 20.7. The zero-order valence-electron chi connectivity index (χ0n) is 20.7. The van der Waals surface area contributed by atoms with Gasteiger partial charge in [-0.1, -0.05) is 65.3 Å². The average molecular weight is 413 g/mol. The second-order valence-corrected chi connectivity index (χ2v) is 12.4. The fourth-order valence-electron chi connectivity index (χ4n) is 8.83. The molecule has 30 heavy (non-hydrogen) atoms. The van der Waals surface area contributed by atoms with Crippen LogP contribution in [0.25, 0.3) is 0 Å². The van der Waals surface area contributed by atoms with Crippen LogP contribution in [0.3, 0.4) is 0 Å². The van der Waals surface area contributed by atoms with Gasteiger partial charge < -0.3 is 5.11 Å². The van der Waals surface area contributed by atoms with E-state index in [2.05, 4.69) is 59.8 Å². The third kappa shape index (κ3) is 3.66. The van der Waals surface area contributed by atoms with Crippen LogP contribution < -0.4 is 0 Å². The van der Waals surface area contributed by atoms with Crippen LogP contribution >= 0.6 is 0 Å². The summed E-state index contributed by atoms with van der Waals surface area (Å²) in [4.78, 5) is 0. The molecule has 3 saturated carbocycles. The van der Waals surface area contributed by atoms with Crippen molar-refractivity contribution < 1.29 is 5.11 Å². The number of rotatable bonds is 5. The fourth-order valence-corrected chi connectivity index (χ4v) is 8.83. The lowest BCUT2D eigenvalue weighted by atomic mass is 9.47. The first-order valence-electron chi connectivity index (χ1n) is 13.3. The average Bonchev–Trinajstić information content (AvgIpc) is 3.06. The van der Waals surface area contributed by atoms with Crippen LogP contribution in [0.1, 0.15) is 99.3 Å². The van der Waals surface area contributed by atoms with E-state index in [1.807, 2.05) is 0 Å². The van der Waals surface area contributed by atoms with Crippen LogP contribution in [0.5, 0.6) is 0 Å². The number of allylic oxidation sites excluding steroid dienone is 3. The number of hydrogen-bond donors (Lipinski definition) is 1. The van der Waals surface area contributed by atoms with E-state index in [0.29, 0.717) is 16.7 Å². The van der Waals surface area contributed by atoms with Crippen molar-refractivity contribution >= 4 is 0 Å². The standard InChI is InChI=1S/C29H48O/c1-7-21(19(2)3)9-8-20(4)25-12-13-26-24-11-10-22-18-23(30)14-16-28(22,5)27(24)15-17-29(25,26)6/h8-10,19-21,23-27,30H,7,11-18H2,1-6H3/b9-8+/t20-,21-,23+,24+,25+,26+,27+,28+,29-/m1/s1. The van der Waals surface area contributed by atoms with E-state index in [-0.39, 0.29) is 6.10 Å². The van der Waals surface area contributed by atoms with Gasteiger partial charge in [0.15, 0.2) is 0 Å². The van der Waals surface area contributed by atoms with Crippen molar-refractivity contribution in [1.82, 2.24) is 0 Å². The summed E-state index contributed by atoms with van der Waals surface area (Å²) in [5.74, 6) is 5.70. The molecule has 3 fully saturated rings. The van der Waals surface area contributed by atoms with Crippen LogP contribution in [0, 0.1) is 52.3 Å². The Kier molecular flexibility index (Phi) is 6.35. The number of hydrogen-bond acceptors (Lipinski definition) is 1. The van der Waals surface area contributed by atoms with Crippen LogP contribution in [0.15, 0.2) is 23.8 Å². The lowest BCUT2D eigenvalue weighted by molar-refractivity contribution is -0.0540. The highest BCUT2D eigenvalue weighted by molar-refractivity contribution is 5.25. The SMILES string of the molecule is CC[C@H](/C=C/[C@@H](C)[C@@H]1CC[C@H]2[C@@H]3CC=C4C[C@@H](O)CC[C@]4(C)[C@H]3CC[C@@]21C)C(C)C. The molecule has 0 heterocycles. The summed E-state index contributed by atoms with van der Waals surface area (Å²) >= 11 is 0. The molecule has 1 N–H and O–H groups in total. The van der Waals surface area contributed by atoms with E-state index in [4.69, 9.17) is 0 Å². The number of fused-ring (bicyclic) bond motifs is 5. The lowest BCUT2D eigenvalue weighted by Gasteiger charge is -2.58. The monoisotopic (exact) mass is 412 g/mol. The minimum absolute atomic E-state index is 0.0870. The molecular weight excluding hydrogens is 364 g/mol. The van der Waals surface area contributed by atoms with Gasteiger partial charge in [-0.2, -0.15) is 0 Å². The molecular formula is C29H48O. The maximum atomic E-state index is 10.2. The minimum Gasteiger partial charge on any atom is -0.393 e. The fraction of sp³-hybridized carbons (Fsp3) is 0.862. The highest BCUT2D eigenvalue weighted by atomic mass is 16.3. The van der Waals surface area contributed by atoms with Crippen molar-refractivity contribution in [3.63, 3.8) is 0 Å². The zero-order chi connectivity index (χ0) is 21.7. The Hall–Kier alpha value is -0.560. The van der Waals surface area contributed by atoms with Gasteiger partial charge in [-0.15, -0.1) is 0 Å². The van der Waals surface area contributed by atoms with Gasteiger partial charge >= 0.3 is 0 Å². The first kappa shape index (κ1) is 22.6. The Balaban J connectivity index is 1.52. The highest BCUT2D eigenvalue weighted by Crippen LogP contribution is 2.67. The molecule has 9 atom stereocenters. The maximum Gasteiger partial charge on any atom is 0.0577 e. The minimum atomic E-state index is -0.0870. The van der Waals surface area contributed by atoms with Crippen molar-refractivity contribution in [3.8, 4) is 0 Å². The first-order valence-corrected chi connectivity index (χ1v) is 13.3. The Morgan fingerprint density at radius 3 is 2.50 bits per heavy atom. The summed E-state index contributed by atoms with van der Waals surface area (Å²) in [7, 11) is 0. The quantitative estimate of drug-likeness (QED) is 0.457. The molecule has 0 aromatic carbocycles. The molecule has 0 bridgehead atoms. The molecule has 0 aromatic heterocycles. The predicted molar refractivity (Wildman–Crippen MR) is 128 cm³/mol. The first-order chi connectivity index (χ1) is 14.2. The predicted octanol–water partition coefficient (Wildman–Crippen LogP) is 7.80. The summed E-state index contributed by atoms with van der Waals surface area (Å²) in [6.45, 7) is 14.8. The second-order valence-electron chi connectivity index (χ2n) is 12.4. The Bertz CT molecular complexity index is 674. The van der Waals surface area contributed by atoms with Gasteiger partial charge in [0.05, 0.1) is 6.10 Å². The van der Waals surface area contributed by atoms with Gasteiger partial charge in [0, 0.05) is 0 Å². The summed E-state index contributed by atoms with van der Waals surface area (Å²) in [6.07, 6.45) is 19.1. The maximum absolute atomic E-state index is 10.2. The molecule has 0 aliphatic heterocycles. The third-order valence-electron chi connectivity index (χ3n) is 10.8. The largest absolute Gasteiger partial charge is 0.393 e. The smallest absolute Gasteiger partial charge is 0.0577 e. The van der Waals surface area contributed by atoms with Crippen molar-refractivity contribution in [1.29, 1.82) is 0 Å². The molecule has 4 aliphatic carbocycles. The van der Waals surface area contributed by atoms with Gasteiger partial charge in [0.1, 0.15) is 0 Å². The Morgan fingerprint density at radius 2 is 1.80 bits per heavy atom. The van der Waals surface area contributed by atoms with Crippen LogP contribution in [0.2, 0.25) is 0 Å². The Morgan fingerprint density at radius 1 is 1.03 bits per heavy atom. The van der Waals surface area contributed by atoms with Gasteiger partial charge in [-0.05, 0) is 110 Å². The van der Waals surface area contributed by atoms with Gasteiger partial charge in [0.25, 0.3) is 0 Å². The molecule has 0 saturated heterocycles. The van der Waals surface area contributed by atoms with Crippen molar-refractivity contribution in [2.45, 2.75) is 105 Å². The van der Waals surface area contributed by atoms with E-state index in [9.17, 15) is 5.11 Å². The van der Waals surface area contributed by atoms with E-state index < -0.39 is 0 Å². The Labute approximate surface area is 186 Å². The highest BCUT2D eigenvalue weighted by Gasteiger charge is 2.58. The molecule has 0 spiro atoms. The van der Waals surface area contributed by atoms with Crippen LogP contribution in [-0.2, 0) is 0 Å². The topological polar surface area (TPSA) is 20.2 Å². The van der Waals surface area contributed by atoms with Crippen molar-refractivity contribution in [2.24, 2.45) is 52.3 Å². The summed E-state index contributed by atoms with van der Waals surface area (Å²) in [5, 5.41) is 10.2.